The normalized spacial score (nSPS) is 42.3. The Hall–Kier alpha value is 0.271. The highest BCUT2D eigenvalue weighted by atomic mass is 28.4. The van der Waals surface area contributed by atoms with E-state index in [1.54, 1.807) is 5.57 Å². The molecule has 4 rings (SSSR count). The van der Waals surface area contributed by atoms with E-state index in [2.05, 4.69) is 85.8 Å². The molecule has 0 spiro atoms. The first-order valence-electron chi connectivity index (χ1n) is 15.1. The monoisotopic (exact) mass is 550 g/mol. The second-order valence-electron chi connectivity index (χ2n) is 16.4. The van der Waals surface area contributed by atoms with E-state index in [1.807, 2.05) is 0 Å². The lowest BCUT2D eigenvalue weighted by atomic mass is 9.47. The van der Waals surface area contributed by atoms with Crippen molar-refractivity contribution < 1.29 is 13.3 Å². The van der Waals surface area contributed by atoms with Gasteiger partial charge >= 0.3 is 0 Å². The Kier molecular flexibility index (Phi) is 7.90. The molecule has 6 heteroatoms. The molecular weight excluding hydrogens is 493 g/mol. The van der Waals surface area contributed by atoms with Gasteiger partial charge in [-0.05, 0) is 139 Å². The summed E-state index contributed by atoms with van der Waals surface area (Å²) < 4.78 is 20.5. The third-order valence-electron chi connectivity index (χ3n) is 10.2. The predicted octanol–water partition coefficient (Wildman–Crippen LogP) is 8.86. The zero-order valence-electron chi connectivity index (χ0n) is 25.8. The summed E-state index contributed by atoms with van der Waals surface area (Å²) in [6.07, 6.45) is 12.7. The van der Waals surface area contributed by atoms with E-state index >= 15 is 0 Å². The predicted molar refractivity (Wildman–Crippen MR) is 161 cm³/mol. The molecule has 208 valence electrons. The van der Waals surface area contributed by atoms with Crippen molar-refractivity contribution in [2.75, 3.05) is 0 Å². The van der Waals surface area contributed by atoms with Crippen molar-refractivity contribution >= 4 is 25.0 Å². The van der Waals surface area contributed by atoms with Crippen LogP contribution in [0.3, 0.4) is 0 Å². The van der Waals surface area contributed by atoms with E-state index in [0.717, 1.165) is 17.8 Å². The van der Waals surface area contributed by atoms with Gasteiger partial charge in [0.2, 0.25) is 0 Å². The zero-order valence-corrected chi connectivity index (χ0v) is 28.8. The number of allylic oxidation sites excluding steroid dienone is 1. The van der Waals surface area contributed by atoms with Crippen molar-refractivity contribution in [1.29, 1.82) is 0 Å². The van der Waals surface area contributed by atoms with Crippen molar-refractivity contribution in [3.8, 4) is 0 Å². The van der Waals surface area contributed by atoms with Gasteiger partial charge in [-0.15, -0.1) is 0 Å². The molecule has 0 aromatic rings. The van der Waals surface area contributed by atoms with Crippen molar-refractivity contribution in [2.24, 2.45) is 34.5 Å². The fourth-order valence-electron chi connectivity index (χ4n) is 9.30. The SMILES string of the molecule is C[C@H](O[Si](C)(C)C)[C@H]1[C@H](O[Si](C)(C)C)CC2C3CC=C4C[C@H](O[Si](C)(C)C)CC[C@]4(C)C3CC[C@@]21C. The van der Waals surface area contributed by atoms with Gasteiger partial charge in [0.25, 0.3) is 0 Å². The van der Waals surface area contributed by atoms with Crippen LogP contribution in [0.15, 0.2) is 11.6 Å². The Balaban J connectivity index is 1.61. The third-order valence-corrected chi connectivity index (χ3v) is 13.3. The molecule has 0 saturated heterocycles. The molecule has 0 amide bonds. The van der Waals surface area contributed by atoms with Crippen molar-refractivity contribution in [1.82, 2.24) is 0 Å². The maximum atomic E-state index is 7.02. The van der Waals surface area contributed by atoms with Gasteiger partial charge in [0, 0.05) is 18.1 Å². The van der Waals surface area contributed by atoms with Crippen LogP contribution in [-0.2, 0) is 13.3 Å². The molecule has 0 aliphatic heterocycles. The molecule has 0 heterocycles. The fraction of sp³-hybridized carbons (Fsp3) is 0.933. The Morgan fingerprint density at radius 1 is 0.833 bits per heavy atom. The average Bonchev–Trinajstić information content (AvgIpc) is 2.96. The van der Waals surface area contributed by atoms with Gasteiger partial charge in [0.15, 0.2) is 25.0 Å². The number of hydrogen-bond donors (Lipinski definition) is 0. The van der Waals surface area contributed by atoms with Crippen LogP contribution >= 0.6 is 0 Å². The largest absolute Gasteiger partial charge is 0.415 e. The summed E-state index contributed by atoms with van der Waals surface area (Å²) in [5.74, 6) is 2.88. The quantitative estimate of drug-likeness (QED) is 0.234. The lowest BCUT2D eigenvalue weighted by Crippen LogP contribution is -2.53. The van der Waals surface area contributed by atoms with E-state index in [0.29, 0.717) is 29.0 Å². The Bertz CT molecular complexity index is 838. The molecule has 9 atom stereocenters. The van der Waals surface area contributed by atoms with E-state index in [-0.39, 0.29) is 6.10 Å². The van der Waals surface area contributed by atoms with Gasteiger partial charge in [-0.1, -0.05) is 25.5 Å². The minimum atomic E-state index is -1.65. The highest BCUT2D eigenvalue weighted by Gasteiger charge is 2.63. The van der Waals surface area contributed by atoms with Gasteiger partial charge in [-0.3, -0.25) is 0 Å². The van der Waals surface area contributed by atoms with Crippen molar-refractivity contribution in [3.63, 3.8) is 0 Å². The van der Waals surface area contributed by atoms with Crippen LogP contribution in [0, 0.1) is 34.5 Å². The molecule has 4 aliphatic carbocycles. The van der Waals surface area contributed by atoms with Crippen LogP contribution in [0.1, 0.15) is 65.7 Å². The zero-order chi connectivity index (χ0) is 26.9. The molecule has 36 heavy (non-hydrogen) atoms. The maximum Gasteiger partial charge on any atom is 0.184 e. The minimum Gasteiger partial charge on any atom is -0.415 e. The molecule has 0 radical (unpaired) electrons. The number of fused-ring (bicyclic) bond motifs is 5. The molecule has 3 saturated carbocycles. The molecule has 0 N–H and O–H groups in total. The van der Waals surface area contributed by atoms with Crippen LogP contribution in [-0.4, -0.2) is 43.3 Å². The summed E-state index contributed by atoms with van der Waals surface area (Å²) in [4.78, 5) is 0. The summed E-state index contributed by atoms with van der Waals surface area (Å²) in [6.45, 7) is 28.8. The van der Waals surface area contributed by atoms with Crippen LogP contribution < -0.4 is 0 Å². The highest BCUT2D eigenvalue weighted by molar-refractivity contribution is 6.70. The van der Waals surface area contributed by atoms with E-state index in [4.69, 9.17) is 13.3 Å². The molecule has 3 nitrogen and oxygen atoms in total. The second-order valence-corrected chi connectivity index (χ2v) is 29.7. The Morgan fingerprint density at radius 2 is 1.47 bits per heavy atom. The van der Waals surface area contributed by atoms with Crippen LogP contribution in [0.25, 0.3) is 0 Å². The smallest absolute Gasteiger partial charge is 0.184 e. The molecule has 3 unspecified atom stereocenters. The third kappa shape index (κ3) is 5.89. The first kappa shape index (κ1) is 29.3. The molecular formula is C30H58O3Si3. The maximum absolute atomic E-state index is 7.02. The molecule has 0 aromatic carbocycles. The van der Waals surface area contributed by atoms with Gasteiger partial charge in [0.1, 0.15) is 0 Å². The van der Waals surface area contributed by atoms with Gasteiger partial charge in [0.05, 0.1) is 6.10 Å². The van der Waals surface area contributed by atoms with Gasteiger partial charge in [-0.2, -0.15) is 0 Å². The molecule has 0 aromatic heterocycles. The Morgan fingerprint density at radius 3 is 2.06 bits per heavy atom. The lowest BCUT2D eigenvalue weighted by molar-refractivity contribution is -0.0711. The topological polar surface area (TPSA) is 27.7 Å². The van der Waals surface area contributed by atoms with Crippen LogP contribution in [0.2, 0.25) is 58.9 Å². The summed E-state index contributed by atoms with van der Waals surface area (Å²) in [6, 6.07) is 0. The summed E-state index contributed by atoms with van der Waals surface area (Å²) in [7, 11) is -4.77. The van der Waals surface area contributed by atoms with Crippen LogP contribution in [0.5, 0.6) is 0 Å². The lowest BCUT2D eigenvalue weighted by Gasteiger charge is -2.58. The minimum absolute atomic E-state index is 0.281. The van der Waals surface area contributed by atoms with E-state index in [9.17, 15) is 0 Å². The highest BCUT2D eigenvalue weighted by Crippen LogP contribution is 2.67. The first-order chi connectivity index (χ1) is 16.3. The van der Waals surface area contributed by atoms with Crippen molar-refractivity contribution in [2.45, 2.75) is 143 Å². The second kappa shape index (κ2) is 9.72. The van der Waals surface area contributed by atoms with Gasteiger partial charge in [-0.25, -0.2) is 0 Å². The molecule has 4 aliphatic rings. The number of hydrogen-bond acceptors (Lipinski definition) is 3. The first-order valence-corrected chi connectivity index (χ1v) is 25.3. The van der Waals surface area contributed by atoms with Crippen LogP contribution in [0.4, 0.5) is 0 Å². The number of rotatable bonds is 7. The summed E-state index contributed by atoms with van der Waals surface area (Å²) in [5, 5.41) is 0. The summed E-state index contributed by atoms with van der Waals surface area (Å²) in [5.41, 5.74) is 2.43. The van der Waals surface area contributed by atoms with Crippen molar-refractivity contribution in [3.05, 3.63) is 11.6 Å². The van der Waals surface area contributed by atoms with E-state index < -0.39 is 25.0 Å². The Labute approximate surface area is 226 Å². The summed E-state index contributed by atoms with van der Waals surface area (Å²) >= 11 is 0. The molecule has 3 fully saturated rings. The van der Waals surface area contributed by atoms with Gasteiger partial charge < -0.3 is 13.3 Å². The average molecular weight is 551 g/mol. The standard InChI is InChI=1S/C30H58O3Si3/c1-21(31-34(4,5)6)28-27(33-36(10,11)12)20-26-24-14-13-22-19-23(32-35(7,8)9)15-17-29(22,2)25(24)16-18-30(26,28)3/h13,21,23-28H,14-20H2,1-12H3/t21-,23+,24?,25?,26?,27+,28-,29-,30-/m0/s1. The van der Waals surface area contributed by atoms with E-state index in [1.165, 1.54) is 44.9 Å². The fourth-order valence-corrected chi connectivity index (χ4v) is 12.9. The molecule has 0 bridgehead atoms.